The van der Waals surface area contributed by atoms with E-state index in [2.05, 4.69) is 5.32 Å². The monoisotopic (exact) mass is 216 g/mol. The lowest BCUT2D eigenvalue weighted by Crippen LogP contribution is -2.20. The number of halogens is 2. The number of anilines is 1. The van der Waals surface area contributed by atoms with E-state index in [1.54, 1.807) is 6.07 Å². The van der Waals surface area contributed by atoms with Crippen LogP contribution in [-0.4, -0.2) is 32.1 Å². The van der Waals surface area contributed by atoms with E-state index in [0.717, 1.165) is 13.1 Å². The smallest absolute Gasteiger partial charge is 0.125 e. The quantitative estimate of drug-likeness (QED) is 0.832. The minimum absolute atomic E-state index is 0.276. The second kappa shape index (κ2) is 5.17. The molecule has 2 nitrogen and oxygen atoms in total. The Bertz CT molecular complexity index is 302. The van der Waals surface area contributed by atoms with Crippen LogP contribution >= 0.6 is 11.6 Å². The van der Waals surface area contributed by atoms with Gasteiger partial charge in [-0.3, -0.25) is 0 Å². The van der Waals surface area contributed by atoms with Gasteiger partial charge in [-0.25, -0.2) is 4.39 Å². The van der Waals surface area contributed by atoms with Crippen LogP contribution in [0.2, 0.25) is 5.02 Å². The Hall–Kier alpha value is -0.800. The minimum Gasteiger partial charge on any atom is -0.382 e. The molecule has 0 aliphatic heterocycles. The van der Waals surface area contributed by atoms with Crippen LogP contribution in [0.1, 0.15) is 0 Å². The van der Waals surface area contributed by atoms with Crippen LogP contribution in [0.25, 0.3) is 0 Å². The highest BCUT2D eigenvalue weighted by molar-refractivity contribution is 6.33. The third kappa shape index (κ3) is 3.52. The maximum Gasteiger partial charge on any atom is 0.125 e. The summed E-state index contributed by atoms with van der Waals surface area (Å²) in [5.74, 6) is -0.276. The molecule has 0 atom stereocenters. The second-order valence-corrected chi connectivity index (χ2v) is 3.76. The van der Waals surface area contributed by atoms with Crippen LogP contribution in [0.5, 0.6) is 0 Å². The molecule has 0 aliphatic carbocycles. The lowest BCUT2D eigenvalue weighted by Gasteiger charge is -2.12. The Kier molecular flexibility index (Phi) is 4.17. The minimum atomic E-state index is -0.276. The first-order chi connectivity index (χ1) is 6.59. The van der Waals surface area contributed by atoms with Gasteiger partial charge in [0, 0.05) is 13.1 Å². The maximum atomic E-state index is 12.8. The topological polar surface area (TPSA) is 15.3 Å². The molecule has 0 amide bonds. The molecule has 1 N–H and O–H groups in total. The molecule has 0 saturated heterocycles. The lowest BCUT2D eigenvalue weighted by molar-refractivity contribution is 0.425. The number of nitrogens with zero attached hydrogens (tertiary/aromatic N) is 1. The van der Waals surface area contributed by atoms with Gasteiger partial charge >= 0.3 is 0 Å². The molecule has 0 unspecified atom stereocenters. The van der Waals surface area contributed by atoms with Crippen LogP contribution in [0, 0.1) is 5.82 Å². The van der Waals surface area contributed by atoms with E-state index in [9.17, 15) is 4.39 Å². The summed E-state index contributed by atoms with van der Waals surface area (Å²) in [5.41, 5.74) is 0.647. The van der Waals surface area contributed by atoms with Gasteiger partial charge in [0.25, 0.3) is 0 Å². The highest BCUT2D eigenvalue weighted by Crippen LogP contribution is 2.21. The highest BCUT2D eigenvalue weighted by Gasteiger charge is 2.00. The van der Waals surface area contributed by atoms with Crippen molar-refractivity contribution in [2.75, 3.05) is 32.5 Å². The molecule has 0 spiro atoms. The third-order valence-electron chi connectivity index (χ3n) is 1.80. The van der Waals surface area contributed by atoms with E-state index >= 15 is 0 Å². The van der Waals surface area contributed by atoms with Crippen molar-refractivity contribution in [3.05, 3.63) is 29.0 Å². The van der Waals surface area contributed by atoms with Gasteiger partial charge in [-0.05, 0) is 32.3 Å². The van der Waals surface area contributed by atoms with Gasteiger partial charge in [0.1, 0.15) is 5.82 Å². The van der Waals surface area contributed by atoms with Crippen molar-refractivity contribution < 1.29 is 4.39 Å². The Labute approximate surface area is 88.7 Å². The molecule has 1 aromatic rings. The van der Waals surface area contributed by atoms with E-state index in [4.69, 9.17) is 11.6 Å². The van der Waals surface area contributed by atoms with Gasteiger partial charge in [-0.2, -0.15) is 0 Å². The molecule has 0 fully saturated rings. The zero-order valence-electron chi connectivity index (χ0n) is 8.35. The summed E-state index contributed by atoms with van der Waals surface area (Å²) in [7, 11) is 3.96. The van der Waals surface area contributed by atoms with Gasteiger partial charge in [-0.1, -0.05) is 11.6 Å². The first kappa shape index (κ1) is 11.3. The Morgan fingerprint density at radius 1 is 1.43 bits per heavy atom. The fourth-order valence-electron chi connectivity index (χ4n) is 1.05. The molecule has 14 heavy (non-hydrogen) atoms. The predicted molar refractivity (Wildman–Crippen MR) is 58.5 cm³/mol. The van der Waals surface area contributed by atoms with Crippen LogP contribution in [0.3, 0.4) is 0 Å². The molecule has 4 heteroatoms. The predicted octanol–water partition coefficient (Wildman–Crippen LogP) is 2.45. The highest BCUT2D eigenvalue weighted by atomic mass is 35.5. The fourth-order valence-corrected chi connectivity index (χ4v) is 1.23. The molecular formula is C10H14ClFN2. The zero-order valence-corrected chi connectivity index (χ0v) is 9.11. The largest absolute Gasteiger partial charge is 0.382 e. The van der Waals surface area contributed by atoms with Crippen molar-refractivity contribution in [1.82, 2.24) is 4.90 Å². The van der Waals surface area contributed by atoms with E-state index in [0.29, 0.717) is 10.7 Å². The Balaban J connectivity index is 2.53. The summed E-state index contributed by atoms with van der Waals surface area (Å²) < 4.78 is 12.8. The molecule has 0 saturated carbocycles. The summed E-state index contributed by atoms with van der Waals surface area (Å²) >= 11 is 5.87. The van der Waals surface area contributed by atoms with Crippen molar-refractivity contribution in [1.29, 1.82) is 0 Å². The van der Waals surface area contributed by atoms with Crippen LogP contribution in [-0.2, 0) is 0 Å². The Morgan fingerprint density at radius 2 is 2.14 bits per heavy atom. The van der Waals surface area contributed by atoms with Crippen molar-refractivity contribution in [2.24, 2.45) is 0 Å². The summed E-state index contributed by atoms with van der Waals surface area (Å²) in [5, 5.41) is 3.62. The van der Waals surface area contributed by atoms with Crippen molar-refractivity contribution in [3.8, 4) is 0 Å². The van der Waals surface area contributed by atoms with Crippen molar-refractivity contribution in [3.63, 3.8) is 0 Å². The molecule has 0 aliphatic rings. The van der Waals surface area contributed by atoms with Crippen LogP contribution < -0.4 is 5.32 Å². The standard InChI is InChI=1S/C10H14ClFN2/c1-14(2)6-5-13-10-7-8(12)3-4-9(10)11/h3-4,7,13H,5-6H2,1-2H3. The van der Waals surface area contributed by atoms with Crippen LogP contribution in [0.4, 0.5) is 10.1 Å². The summed E-state index contributed by atoms with van der Waals surface area (Å²) in [6.45, 7) is 1.63. The van der Waals surface area contributed by atoms with Crippen LogP contribution in [0.15, 0.2) is 18.2 Å². The third-order valence-corrected chi connectivity index (χ3v) is 2.13. The van der Waals surface area contributed by atoms with E-state index in [1.165, 1.54) is 12.1 Å². The average molecular weight is 217 g/mol. The van der Waals surface area contributed by atoms with E-state index in [-0.39, 0.29) is 5.82 Å². The van der Waals surface area contributed by atoms with Gasteiger partial charge in [-0.15, -0.1) is 0 Å². The van der Waals surface area contributed by atoms with E-state index < -0.39 is 0 Å². The zero-order chi connectivity index (χ0) is 10.6. The second-order valence-electron chi connectivity index (χ2n) is 3.35. The molecule has 78 valence electrons. The first-order valence-electron chi connectivity index (χ1n) is 4.43. The molecule has 1 aromatic carbocycles. The summed E-state index contributed by atoms with van der Waals surface area (Å²) in [4.78, 5) is 2.04. The summed E-state index contributed by atoms with van der Waals surface area (Å²) in [6, 6.07) is 4.30. The number of hydrogen-bond donors (Lipinski definition) is 1. The number of nitrogens with one attached hydrogen (secondary N) is 1. The van der Waals surface area contributed by atoms with Gasteiger partial charge in [0.05, 0.1) is 10.7 Å². The van der Waals surface area contributed by atoms with Crippen molar-refractivity contribution >= 4 is 17.3 Å². The molecule has 0 radical (unpaired) electrons. The number of likely N-dealkylation sites (N-methyl/N-ethyl adjacent to an activating group) is 1. The summed E-state index contributed by atoms with van der Waals surface area (Å²) in [6.07, 6.45) is 0. The SMILES string of the molecule is CN(C)CCNc1cc(F)ccc1Cl. The average Bonchev–Trinajstić information content (AvgIpc) is 2.10. The molecule has 0 heterocycles. The Morgan fingerprint density at radius 3 is 2.79 bits per heavy atom. The molecule has 0 bridgehead atoms. The number of benzene rings is 1. The molecule has 1 rings (SSSR count). The molecule has 0 aromatic heterocycles. The van der Waals surface area contributed by atoms with Crippen molar-refractivity contribution in [2.45, 2.75) is 0 Å². The van der Waals surface area contributed by atoms with Gasteiger partial charge in [0.15, 0.2) is 0 Å². The fraction of sp³-hybridized carbons (Fsp3) is 0.400. The first-order valence-corrected chi connectivity index (χ1v) is 4.81. The number of rotatable bonds is 4. The van der Waals surface area contributed by atoms with Gasteiger partial charge in [0.2, 0.25) is 0 Å². The molecular weight excluding hydrogens is 203 g/mol. The van der Waals surface area contributed by atoms with Gasteiger partial charge < -0.3 is 10.2 Å². The normalized spacial score (nSPS) is 10.6. The van der Waals surface area contributed by atoms with E-state index in [1.807, 2.05) is 19.0 Å². The number of hydrogen-bond acceptors (Lipinski definition) is 2. The maximum absolute atomic E-state index is 12.8. The lowest BCUT2D eigenvalue weighted by atomic mass is 10.3.